The van der Waals surface area contributed by atoms with Gasteiger partial charge in [0.2, 0.25) is 0 Å². The summed E-state index contributed by atoms with van der Waals surface area (Å²) in [6, 6.07) is 3.89. The maximum Gasteiger partial charge on any atom is 0.179 e. The molecule has 6 heteroatoms. The number of morpholine rings is 1. The Morgan fingerprint density at radius 2 is 2.22 bits per heavy atom. The molecule has 1 atom stereocenters. The number of hydrogen-bond donors (Lipinski definition) is 1. The van der Waals surface area contributed by atoms with Crippen molar-refractivity contribution < 1.29 is 14.2 Å². The van der Waals surface area contributed by atoms with Crippen LogP contribution in [0.15, 0.2) is 12.1 Å². The van der Waals surface area contributed by atoms with Crippen LogP contribution in [0.5, 0.6) is 11.5 Å². The largest absolute Gasteiger partial charge is 0.491 e. The van der Waals surface area contributed by atoms with E-state index in [0.717, 1.165) is 44.9 Å². The first-order chi connectivity index (χ1) is 11.2. The Morgan fingerprint density at radius 3 is 2.91 bits per heavy atom. The molecule has 5 nitrogen and oxygen atoms in total. The van der Waals surface area contributed by atoms with Gasteiger partial charge in [0.1, 0.15) is 0 Å². The van der Waals surface area contributed by atoms with Crippen LogP contribution >= 0.6 is 11.6 Å². The summed E-state index contributed by atoms with van der Waals surface area (Å²) in [5.41, 5.74) is 1.07. The summed E-state index contributed by atoms with van der Waals surface area (Å²) in [5, 5.41) is 4.01. The van der Waals surface area contributed by atoms with Gasteiger partial charge in [-0.15, -0.1) is 0 Å². The molecule has 1 aromatic carbocycles. The number of ether oxygens (including phenoxy) is 3. The van der Waals surface area contributed by atoms with Crippen LogP contribution < -0.4 is 14.8 Å². The first kappa shape index (κ1) is 18.3. The molecule has 130 valence electrons. The van der Waals surface area contributed by atoms with Gasteiger partial charge in [0.25, 0.3) is 0 Å². The number of methoxy groups -OCH3 is 1. The van der Waals surface area contributed by atoms with Gasteiger partial charge < -0.3 is 19.5 Å². The van der Waals surface area contributed by atoms with E-state index in [4.69, 9.17) is 25.8 Å². The van der Waals surface area contributed by atoms with Gasteiger partial charge in [-0.3, -0.25) is 4.90 Å². The monoisotopic (exact) mass is 342 g/mol. The molecule has 1 heterocycles. The smallest absolute Gasteiger partial charge is 0.179 e. The van der Waals surface area contributed by atoms with E-state index in [-0.39, 0.29) is 6.10 Å². The minimum atomic E-state index is 0.240. The maximum atomic E-state index is 6.27. The second-order valence-corrected chi connectivity index (χ2v) is 5.97. The lowest BCUT2D eigenvalue weighted by Crippen LogP contribution is -2.46. The van der Waals surface area contributed by atoms with Crippen molar-refractivity contribution in [2.75, 3.05) is 46.5 Å². The van der Waals surface area contributed by atoms with Gasteiger partial charge in [-0.1, -0.05) is 18.5 Å². The van der Waals surface area contributed by atoms with Crippen molar-refractivity contribution >= 4 is 11.6 Å². The van der Waals surface area contributed by atoms with Gasteiger partial charge in [0, 0.05) is 26.2 Å². The summed E-state index contributed by atoms with van der Waals surface area (Å²) in [4.78, 5) is 2.41. The molecular weight excluding hydrogens is 316 g/mol. The second kappa shape index (κ2) is 9.33. The molecule has 0 saturated carbocycles. The van der Waals surface area contributed by atoms with E-state index in [1.807, 2.05) is 19.1 Å². The van der Waals surface area contributed by atoms with Crippen molar-refractivity contribution in [2.45, 2.75) is 26.5 Å². The van der Waals surface area contributed by atoms with Crippen molar-refractivity contribution in [1.82, 2.24) is 10.2 Å². The van der Waals surface area contributed by atoms with Crippen LogP contribution in [0.25, 0.3) is 0 Å². The number of halogens is 1. The van der Waals surface area contributed by atoms with Crippen molar-refractivity contribution in [3.63, 3.8) is 0 Å². The molecule has 0 amide bonds. The molecule has 1 aromatic rings. The van der Waals surface area contributed by atoms with Gasteiger partial charge >= 0.3 is 0 Å². The predicted molar refractivity (Wildman–Crippen MR) is 92.7 cm³/mol. The molecule has 0 unspecified atom stereocenters. The topological polar surface area (TPSA) is 43.0 Å². The van der Waals surface area contributed by atoms with E-state index in [2.05, 4.69) is 17.1 Å². The van der Waals surface area contributed by atoms with E-state index in [9.17, 15) is 0 Å². The summed E-state index contributed by atoms with van der Waals surface area (Å²) in [6.07, 6.45) is 0.240. The van der Waals surface area contributed by atoms with Gasteiger partial charge in [-0.05, 0) is 31.2 Å². The molecule has 23 heavy (non-hydrogen) atoms. The van der Waals surface area contributed by atoms with Gasteiger partial charge in [-0.2, -0.15) is 0 Å². The van der Waals surface area contributed by atoms with Crippen LogP contribution in [-0.2, 0) is 11.3 Å². The number of likely N-dealkylation sites (N-methyl/N-ethyl adjacent to an activating group) is 1. The lowest BCUT2D eigenvalue weighted by atomic mass is 10.2. The molecule has 0 radical (unpaired) electrons. The SMILES string of the molecule is CCOc1cc(CNC[C@@H]2CN(CC)CCO2)cc(Cl)c1OC. The molecule has 2 rings (SSSR count). The normalized spacial score (nSPS) is 18.9. The van der Waals surface area contributed by atoms with Crippen LogP contribution in [0.3, 0.4) is 0 Å². The third kappa shape index (κ3) is 5.24. The Bertz CT molecular complexity index is 499. The molecule has 0 spiro atoms. The van der Waals surface area contributed by atoms with Crippen LogP contribution in [0.2, 0.25) is 5.02 Å². The standard InChI is InChI=1S/C17H27ClN2O3/c1-4-20-6-7-23-14(12-20)11-19-10-13-8-15(18)17(21-3)16(9-13)22-5-2/h8-9,14,19H,4-7,10-12H2,1-3H3/t14-/m1/s1. The molecule has 1 N–H and O–H groups in total. The highest BCUT2D eigenvalue weighted by molar-refractivity contribution is 6.32. The zero-order valence-corrected chi connectivity index (χ0v) is 15.0. The van der Waals surface area contributed by atoms with E-state index in [1.165, 1.54) is 0 Å². The number of nitrogens with zero attached hydrogens (tertiary/aromatic N) is 1. The van der Waals surface area contributed by atoms with Crippen LogP contribution in [0.4, 0.5) is 0 Å². The fourth-order valence-electron chi connectivity index (χ4n) is 2.75. The number of rotatable bonds is 8. The molecule has 0 aromatic heterocycles. The molecule has 1 aliphatic heterocycles. The first-order valence-corrected chi connectivity index (χ1v) is 8.59. The lowest BCUT2D eigenvalue weighted by Gasteiger charge is -2.32. The quantitative estimate of drug-likeness (QED) is 0.786. The average Bonchev–Trinajstić information content (AvgIpc) is 2.55. The van der Waals surface area contributed by atoms with Gasteiger partial charge in [0.05, 0.1) is 31.5 Å². The number of hydrogen-bond acceptors (Lipinski definition) is 5. The third-order valence-electron chi connectivity index (χ3n) is 3.94. The Labute approximate surface area is 143 Å². The zero-order valence-electron chi connectivity index (χ0n) is 14.2. The van der Waals surface area contributed by atoms with Crippen LogP contribution in [0, 0.1) is 0 Å². The summed E-state index contributed by atoms with van der Waals surface area (Å²) < 4.78 is 16.7. The Morgan fingerprint density at radius 1 is 1.39 bits per heavy atom. The van der Waals surface area contributed by atoms with Crippen molar-refractivity contribution in [3.05, 3.63) is 22.7 Å². The molecule has 0 bridgehead atoms. The van der Waals surface area contributed by atoms with Crippen LogP contribution in [-0.4, -0.2) is 57.5 Å². The van der Waals surface area contributed by atoms with Crippen molar-refractivity contribution in [3.8, 4) is 11.5 Å². The summed E-state index contributed by atoms with van der Waals surface area (Å²) >= 11 is 6.27. The van der Waals surface area contributed by atoms with Gasteiger partial charge in [0.15, 0.2) is 11.5 Å². The van der Waals surface area contributed by atoms with E-state index < -0.39 is 0 Å². The second-order valence-electron chi connectivity index (χ2n) is 5.56. The summed E-state index contributed by atoms with van der Waals surface area (Å²) in [5.74, 6) is 1.27. The highest BCUT2D eigenvalue weighted by Crippen LogP contribution is 2.36. The highest BCUT2D eigenvalue weighted by atomic mass is 35.5. The maximum absolute atomic E-state index is 6.27. The fourth-order valence-corrected chi connectivity index (χ4v) is 3.06. The van der Waals surface area contributed by atoms with Crippen molar-refractivity contribution in [2.24, 2.45) is 0 Å². The molecule has 1 fully saturated rings. The zero-order chi connectivity index (χ0) is 16.7. The highest BCUT2D eigenvalue weighted by Gasteiger charge is 2.19. The predicted octanol–water partition coefficient (Wildman–Crippen LogP) is 2.56. The molecule has 0 aliphatic carbocycles. The average molecular weight is 343 g/mol. The first-order valence-electron chi connectivity index (χ1n) is 8.21. The fraction of sp³-hybridized carbons (Fsp3) is 0.647. The molecule has 1 aliphatic rings. The minimum absolute atomic E-state index is 0.240. The third-order valence-corrected chi connectivity index (χ3v) is 4.23. The Kier molecular flexibility index (Phi) is 7.43. The van der Waals surface area contributed by atoms with Gasteiger partial charge in [-0.25, -0.2) is 0 Å². The Hall–Kier alpha value is -1.01. The molecular formula is C17H27ClN2O3. The lowest BCUT2D eigenvalue weighted by molar-refractivity contribution is -0.0253. The van der Waals surface area contributed by atoms with Crippen molar-refractivity contribution in [1.29, 1.82) is 0 Å². The van der Waals surface area contributed by atoms with E-state index in [0.29, 0.717) is 23.1 Å². The van der Waals surface area contributed by atoms with E-state index in [1.54, 1.807) is 7.11 Å². The Balaban J connectivity index is 1.90. The summed E-state index contributed by atoms with van der Waals surface area (Å²) in [6.45, 7) is 10.1. The number of benzene rings is 1. The van der Waals surface area contributed by atoms with Crippen LogP contribution in [0.1, 0.15) is 19.4 Å². The van der Waals surface area contributed by atoms with E-state index >= 15 is 0 Å². The number of nitrogens with one attached hydrogen (secondary N) is 1. The summed E-state index contributed by atoms with van der Waals surface area (Å²) in [7, 11) is 1.60. The molecule has 1 saturated heterocycles. The minimum Gasteiger partial charge on any atom is -0.491 e.